The van der Waals surface area contributed by atoms with Crippen LogP contribution in [0.3, 0.4) is 0 Å². The summed E-state index contributed by atoms with van der Waals surface area (Å²) in [6.07, 6.45) is 3.91. The van der Waals surface area contributed by atoms with Crippen molar-refractivity contribution in [3.63, 3.8) is 0 Å². The average molecular weight is 308 g/mol. The quantitative estimate of drug-likeness (QED) is 0.875. The van der Waals surface area contributed by atoms with Crippen LogP contribution in [0.4, 0.5) is 4.79 Å². The van der Waals surface area contributed by atoms with Gasteiger partial charge in [0.2, 0.25) is 0 Å². The Morgan fingerprint density at radius 2 is 2.00 bits per heavy atom. The SMILES string of the molecule is CC(CS(C)=O)NC(=O)N(C)CC1(c2ccccc2)CC1. The molecule has 0 aromatic heterocycles. The van der Waals surface area contributed by atoms with E-state index in [0.29, 0.717) is 5.75 Å². The van der Waals surface area contributed by atoms with Crippen LogP contribution in [0.25, 0.3) is 0 Å². The van der Waals surface area contributed by atoms with Gasteiger partial charge in [0.1, 0.15) is 0 Å². The summed E-state index contributed by atoms with van der Waals surface area (Å²) in [5.74, 6) is 0.489. The smallest absolute Gasteiger partial charge is 0.317 e. The molecule has 5 heteroatoms. The van der Waals surface area contributed by atoms with Crippen LogP contribution in [0.2, 0.25) is 0 Å². The summed E-state index contributed by atoms with van der Waals surface area (Å²) in [7, 11) is 0.932. The number of amides is 2. The predicted molar refractivity (Wildman–Crippen MR) is 86.9 cm³/mol. The van der Waals surface area contributed by atoms with E-state index >= 15 is 0 Å². The fourth-order valence-corrected chi connectivity index (χ4v) is 3.51. The van der Waals surface area contributed by atoms with Gasteiger partial charge >= 0.3 is 6.03 Å². The zero-order valence-corrected chi connectivity index (χ0v) is 13.8. The molecule has 1 aliphatic rings. The van der Waals surface area contributed by atoms with Crippen molar-refractivity contribution in [3.05, 3.63) is 35.9 Å². The maximum Gasteiger partial charge on any atom is 0.317 e. The molecule has 0 heterocycles. The first-order valence-electron chi connectivity index (χ1n) is 7.30. The van der Waals surface area contributed by atoms with Crippen LogP contribution in [0.15, 0.2) is 30.3 Å². The number of hydrogen-bond donors (Lipinski definition) is 1. The van der Waals surface area contributed by atoms with E-state index in [-0.39, 0.29) is 17.5 Å². The number of hydrogen-bond acceptors (Lipinski definition) is 2. The maximum atomic E-state index is 12.2. The summed E-state index contributed by atoms with van der Waals surface area (Å²) in [4.78, 5) is 13.9. The first kappa shape index (κ1) is 16.0. The number of urea groups is 1. The van der Waals surface area contributed by atoms with Gasteiger partial charge in [0.15, 0.2) is 0 Å². The van der Waals surface area contributed by atoms with E-state index in [4.69, 9.17) is 0 Å². The normalized spacial score (nSPS) is 18.6. The van der Waals surface area contributed by atoms with Crippen molar-refractivity contribution in [2.45, 2.75) is 31.2 Å². The lowest BCUT2D eigenvalue weighted by atomic mass is 9.95. The highest BCUT2D eigenvalue weighted by Gasteiger charge is 2.45. The van der Waals surface area contributed by atoms with Crippen molar-refractivity contribution in [2.75, 3.05) is 25.6 Å². The van der Waals surface area contributed by atoms with E-state index in [2.05, 4.69) is 17.4 Å². The molecule has 0 bridgehead atoms. The van der Waals surface area contributed by atoms with E-state index in [0.717, 1.165) is 19.4 Å². The lowest BCUT2D eigenvalue weighted by Crippen LogP contribution is -2.46. The molecule has 2 atom stereocenters. The maximum absolute atomic E-state index is 12.2. The Labute approximate surface area is 129 Å². The van der Waals surface area contributed by atoms with Crippen LogP contribution in [-0.4, -0.2) is 46.8 Å². The molecule has 2 unspecified atom stereocenters. The van der Waals surface area contributed by atoms with E-state index in [1.807, 2.05) is 32.2 Å². The Morgan fingerprint density at radius 1 is 1.38 bits per heavy atom. The van der Waals surface area contributed by atoms with Crippen molar-refractivity contribution in [1.82, 2.24) is 10.2 Å². The molecular weight excluding hydrogens is 284 g/mol. The van der Waals surface area contributed by atoms with Gasteiger partial charge in [-0.15, -0.1) is 0 Å². The largest absolute Gasteiger partial charge is 0.335 e. The molecule has 1 aliphatic carbocycles. The van der Waals surface area contributed by atoms with Gasteiger partial charge in [0.25, 0.3) is 0 Å². The van der Waals surface area contributed by atoms with Crippen LogP contribution < -0.4 is 5.32 Å². The molecule has 0 aliphatic heterocycles. The second-order valence-corrected chi connectivity index (χ2v) is 7.57. The number of rotatable bonds is 6. The third kappa shape index (κ3) is 4.30. The molecule has 0 radical (unpaired) electrons. The Hall–Kier alpha value is -1.36. The Kier molecular flexibility index (Phi) is 5.04. The third-order valence-corrected chi connectivity index (χ3v) is 4.95. The van der Waals surface area contributed by atoms with Crippen LogP contribution in [-0.2, 0) is 16.2 Å². The van der Waals surface area contributed by atoms with Crippen molar-refractivity contribution in [1.29, 1.82) is 0 Å². The number of benzene rings is 1. The van der Waals surface area contributed by atoms with Crippen molar-refractivity contribution >= 4 is 16.8 Å². The van der Waals surface area contributed by atoms with Gasteiger partial charge in [0, 0.05) is 47.9 Å². The molecule has 4 nitrogen and oxygen atoms in total. The number of nitrogens with one attached hydrogen (secondary N) is 1. The van der Waals surface area contributed by atoms with E-state index in [1.54, 1.807) is 11.2 Å². The Morgan fingerprint density at radius 3 is 2.52 bits per heavy atom. The first-order chi connectivity index (χ1) is 9.93. The number of carbonyl (C=O) groups excluding carboxylic acids is 1. The number of nitrogens with zero attached hydrogens (tertiary/aromatic N) is 1. The molecule has 116 valence electrons. The Bertz CT molecular complexity index is 514. The highest BCUT2D eigenvalue weighted by atomic mass is 32.2. The summed E-state index contributed by atoms with van der Waals surface area (Å²) in [5.41, 5.74) is 1.44. The molecule has 0 spiro atoms. The van der Waals surface area contributed by atoms with Crippen LogP contribution in [0, 0.1) is 0 Å². The lowest BCUT2D eigenvalue weighted by Gasteiger charge is -2.26. The van der Waals surface area contributed by atoms with E-state index in [9.17, 15) is 9.00 Å². The van der Waals surface area contributed by atoms with Crippen LogP contribution >= 0.6 is 0 Å². The third-order valence-electron chi connectivity index (χ3n) is 3.98. The lowest BCUT2D eigenvalue weighted by molar-refractivity contribution is 0.202. The highest BCUT2D eigenvalue weighted by molar-refractivity contribution is 7.84. The highest BCUT2D eigenvalue weighted by Crippen LogP contribution is 2.48. The molecule has 1 saturated carbocycles. The summed E-state index contributed by atoms with van der Waals surface area (Å²) >= 11 is 0. The van der Waals surface area contributed by atoms with Gasteiger partial charge in [-0.1, -0.05) is 30.3 Å². The molecule has 1 N–H and O–H groups in total. The van der Waals surface area contributed by atoms with Gasteiger partial charge in [-0.3, -0.25) is 4.21 Å². The second-order valence-electron chi connectivity index (χ2n) is 6.09. The number of carbonyl (C=O) groups is 1. The molecule has 1 aromatic carbocycles. The topological polar surface area (TPSA) is 49.4 Å². The molecular formula is C16H24N2O2S. The fourth-order valence-electron chi connectivity index (χ4n) is 2.72. The second kappa shape index (κ2) is 6.60. The molecule has 21 heavy (non-hydrogen) atoms. The monoisotopic (exact) mass is 308 g/mol. The standard InChI is InChI=1S/C16H24N2O2S/c1-13(11-21(3)20)17-15(19)18(2)12-16(9-10-16)14-7-5-4-6-8-14/h4-8,13H,9-12H2,1-3H3,(H,17,19). The molecule has 1 fully saturated rings. The fraction of sp³-hybridized carbons (Fsp3) is 0.562. The molecule has 2 rings (SSSR count). The number of likely N-dealkylation sites (N-methyl/N-ethyl adjacent to an activating group) is 1. The van der Waals surface area contributed by atoms with Crippen molar-refractivity contribution in [3.8, 4) is 0 Å². The zero-order chi connectivity index (χ0) is 15.5. The minimum atomic E-state index is -0.895. The van der Waals surface area contributed by atoms with Gasteiger partial charge in [-0.25, -0.2) is 4.79 Å². The van der Waals surface area contributed by atoms with Gasteiger partial charge in [0.05, 0.1) is 0 Å². The minimum absolute atomic E-state index is 0.0716. The molecule has 1 aromatic rings. The summed E-state index contributed by atoms with van der Waals surface area (Å²) in [6, 6.07) is 10.2. The summed E-state index contributed by atoms with van der Waals surface area (Å²) in [5, 5.41) is 2.91. The molecule has 2 amide bonds. The van der Waals surface area contributed by atoms with Gasteiger partial charge in [-0.2, -0.15) is 0 Å². The predicted octanol–water partition coefficient (Wildman–Crippen LogP) is 2.13. The summed E-state index contributed by atoms with van der Waals surface area (Å²) in [6.45, 7) is 2.61. The summed E-state index contributed by atoms with van der Waals surface area (Å²) < 4.78 is 11.2. The first-order valence-corrected chi connectivity index (χ1v) is 9.03. The van der Waals surface area contributed by atoms with E-state index < -0.39 is 10.8 Å². The molecule has 0 saturated heterocycles. The van der Waals surface area contributed by atoms with Gasteiger partial charge in [-0.05, 0) is 25.3 Å². The van der Waals surface area contributed by atoms with Gasteiger partial charge < -0.3 is 10.2 Å². The average Bonchev–Trinajstić information content (AvgIpc) is 3.19. The van der Waals surface area contributed by atoms with Crippen molar-refractivity contribution < 1.29 is 9.00 Å². The Balaban J connectivity index is 1.91. The zero-order valence-electron chi connectivity index (χ0n) is 13.0. The van der Waals surface area contributed by atoms with Crippen molar-refractivity contribution in [2.24, 2.45) is 0 Å². The van der Waals surface area contributed by atoms with E-state index in [1.165, 1.54) is 5.56 Å². The van der Waals surface area contributed by atoms with Crippen LogP contribution in [0.1, 0.15) is 25.3 Å². The minimum Gasteiger partial charge on any atom is -0.335 e. The van der Waals surface area contributed by atoms with Crippen LogP contribution in [0.5, 0.6) is 0 Å².